The number of nitrogens with one attached hydrogen (secondary N) is 1. The number of hydrogen-bond acceptors (Lipinski definition) is 21. The van der Waals surface area contributed by atoms with E-state index in [1.165, 1.54) is 113 Å². The Balaban J connectivity index is -0.000000101. The number of nitrogens with two attached hydrogens (primary N) is 1. The summed E-state index contributed by atoms with van der Waals surface area (Å²) in [6, 6.07) is 0. The average Bonchev–Trinajstić information content (AvgIpc) is 1.76. The fourth-order valence-corrected chi connectivity index (χ4v) is 7.28. The van der Waals surface area contributed by atoms with Crippen LogP contribution < -0.4 is 11.2 Å². The van der Waals surface area contributed by atoms with Gasteiger partial charge in [0.15, 0.2) is 5.78 Å². The van der Waals surface area contributed by atoms with Gasteiger partial charge in [0.2, 0.25) is 41.9 Å². The molecule has 0 radical (unpaired) electrons. The molecule has 0 spiro atoms. The minimum Gasteiger partial charge on any atom is -0.469 e. The number of carbonyl (C=O) groups is 15. The van der Waals surface area contributed by atoms with Gasteiger partial charge >= 0.3 is 12.1 Å². The molecular formula is C83H161F7N8O19. The van der Waals surface area contributed by atoms with Gasteiger partial charge in [-0.1, -0.05) is 62.3 Å². The number of piperidine rings is 1. The number of unbranched alkanes of at least 4 members (excludes halogenated alkanes) is 1. The van der Waals surface area contributed by atoms with E-state index in [2.05, 4.69) is 86.0 Å². The third-order valence-corrected chi connectivity index (χ3v) is 14.2. The molecule has 4 aliphatic rings. The smallest absolute Gasteiger partial charge is 0.389 e. The van der Waals surface area contributed by atoms with Crippen LogP contribution in [0.1, 0.15) is 295 Å². The summed E-state index contributed by atoms with van der Waals surface area (Å²) in [5.41, 5.74) is 7.04. The molecule has 1 saturated carbocycles. The zero-order valence-corrected chi connectivity index (χ0v) is 77.4. The number of carbonyl (C=O) groups excluding carboxylic acids is 15. The van der Waals surface area contributed by atoms with Crippen molar-refractivity contribution in [2.24, 2.45) is 17.1 Å². The van der Waals surface area contributed by atoms with Crippen molar-refractivity contribution >= 4 is 87.7 Å². The van der Waals surface area contributed by atoms with Crippen molar-refractivity contribution in [3.05, 3.63) is 0 Å². The van der Waals surface area contributed by atoms with Crippen molar-refractivity contribution in [3.63, 3.8) is 0 Å². The quantitative estimate of drug-likeness (QED) is 0.0298. The van der Waals surface area contributed by atoms with E-state index >= 15 is 0 Å². The molecule has 4 rings (SSSR count). The molecule has 0 aromatic heterocycles. The minimum atomic E-state index is -4.19. The second-order valence-corrected chi connectivity index (χ2v) is 29.1. The molecule has 0 unspecified atom stereocenters. The third kappa shape index (κ3) is 165. The molecule has 6 amide bonds. The molecule has 1 aliphatic carbocycles. The van der Waals surface area contributed by atoms with E-state index in [0.717, 1.165) is 128 Å². The number of amides is 6. The van der Waals surface area contributed by atoms with E-state index in [1.807, 2.05) is 16.7 Å². The van der Waals surface area contributed by atoms with Gasteiger partial charge < -0.3 is 83.3 Å². The highest BCUT2D eigenvalue weighted by atomic mass is 19.4. The molecule has 696 valence electrons. The van der Waals surface area contributed by atoms with Gasteiger partial charge in [0.1, 0.15) is 47.1 Å². The number of likely N-dealkylation sites (tertiary alicyclic amines) is 3. The first-order chi connectivity index (χ1) is 53.6. The maximum atomic E-state index is 12.0. The van der Waals surface area contributed by atoms with Crippen LogP contribution in [0.3, 0.4) is 0 Å². The molecule has 117 heavy (non-hydrogen) atoms. The topological polar surface area (TPSA) is 361 Å². The number of primary amides is 1. The predicted octanol–water partition coefficient (Wildman–Crippen LogP) is 13.9. The number of hydroxylamine groups is 1. The number of Topliss-reactive ketones (excluding diaryl/α,β-unsaturated/α-hetero) is 8. The van der Waals surface area contributed by atoms with E-state index in [0.29, 0.717) is 42.2 Å². The first-order valence-electron chi connectivity index (χ1n) is 39.9. The van der Waals surface area contributed by atoms with Gasteiger partial charge in [0.25, 0.3) is 5.92 Å². The second-order valence-electron chi connectivity index (χ2n) is 29.1. The van der Waals surface area contributed by atoms with E-state index in [4.69, 9.17) is 9.84 Å². The number of rotatable bonds is 27. The molecule has 0 bridgehead atoms. The van der Waals surface area contributed by atoms with Crippen LogP contribution >= 0.6 is 0 Å². The number of methoxy groups -OCH3 is 2. The number of aliphatic hydroxyl groups excluding tert-OH is 1. The summed E-state index contributed by atoms with van der Waals surface area (Å²) in [6.07, 6.45) is 8.13. The highest BCUT2D eigenvalue weighted by molar-refractivity contribution is 5.79. The maximum absolute atomic E-state index is 12.0. The van der Waals surface area contributed by atoms with Crippen LogP contribution in [-0.4, -0.2) is 268 Å². The summed E-state index contributed by atoms with van der Waals surface area (Å²) < 4.78 is 89.0. The van der Waals surface area contributed by atoms with Crippen molar-refractivity contribution in [1.29, 1.82) is 0 Å². The van der Waals surface area contributed by atoms with Crippen molar-refractivity contribution in [1.82, 2.24) is 34.9 Å². The standard InChI is InChI=1S/C10H21NO.C9H19NO.C7H13NO.C6H11NO.C6H12O2.C6H10O.C5H7F3O.C5H7F2NO.C5H8F2O.C5H12.C4H9NO.C4H8O.C3H7NO2.2C3H6O2.C2H5NO/c1-4-11(5-2)9-7-6-8-10(3)12;1-4-10(5-2)8-6-7-9(3)11;1-7(9)8-5-3-2-4-6-8;1-6(8)7-4-2-3-5-7;1-6(7)4-3-5-8-2;1-5(7)4-6-2-3-6;1-4(9)2-3-5(6,7)8;1-4(9)8-2-5(6,7)3-8;1-4(8)2-3-5(6)7;1-5(2,3)4;1-4(6)5(2)3;1-3-4(2)5;1-3(5)4-6-2;1-3(4)5-2;1-3(5)2-4;1-2(3)4/h4-9H2,1-3H3;4-8H2,1-3H3;2-6H2,1H3;2-5H2,1H3;3-5H2,1-2H3;6H,2-4H2,1H3;2*2-3H2,1H3;5H,2-3H2,1H3;1-4H3;1-3H3;3H2,1-2H3;1-2H3,(H,4,5);1-2H3;4H,2H2,1H3;1H3,(H2,3,4). The molecule has 4 fully saturated rings. The summed E-state index contributed by atoms with van der Waals surface area (Å²) in [5.74, 6) is -1.66. The Morgan fingerprint density at radius 1 is 0.504 bits per heavy atom. The summed E-state index contributed by atoms with van der Waals surface area (Å²) in [7, 11) is 7.83. The molecule has 0 aromatic carbocycles. The molecule has 0 atom stereocenters. The van der Waals surface area contributed by atoms with Crippen molar-refractivity contribution in [3.8, 4) is 0 Å². The predicted molar refractivity (Wildman–Crippen MR) is 448 cm³/mol. The van der Waals surface area contributed by atoms with E-state index in [9.17, 15) is 103 Å². The summed E-state index contributed by atoms with van der Waals surface area (Å²) in [6.45, 7) is 51.4. The molecule has 0 aromatic rings. The number of esters is 1. The fraction of sp³-hybridized carbons (Fsp3) is 0.819. The number of ether oxygens (including phenoxy) is 2. The largest absolute Gasteiger partial charge is 0.469 e. The van der Waals surface area contributed by atoms with Gasteiger partial charge in [-0.05, 0) is 177 Å². The van der Waals surface area contributed by atoms with Crippen molar-refractivity contribution < 1.29 is 122 Å². The number of halogens is 7. The van der Waals surface area contributed by atoms with E-state index in [-0.39, 0.29) is 84.0 Å². The summed E-state index contributed by atoms with van der Waals surface area (Å²) in [5, 5.41) is 7.79. The van der Waals surface area contributed by atoms with Crippen molar-refractivity contribution in [2.45, 2.75) is 313 Å². The number of alkyl halides is 7. The Morgan fingerprint density at radius 3 is 0.974 bits per heavy atom. The van der Waals surface area contributed by atoms with Gasteiger partial charge in [0, 0.05) is 154 Å². The Hall–Kier alpha value is -7.04. The fourth-order valence-electron chi connectivity index (χ4n) is 7.28. The maximum Gasteiger partial charge on any atom is 0.389 e. The lowest BCUT2D eigenvalue weighted by Gasteiger charge is -2.37. The average molecular weight is 1710 g/mol. The van der Waals surface area contributed by atoms with Gasteiger partial charge in [-0.2, -0.15) is 13.2 Å². The number of hydrogen-bond donors (Lipinski definition) is 3. The molecule has 27 nitrogen and oxygen atoms in total. The third-order valence-electron chi connectivity index (χ3n) is 14.2. The monoisotopic (exact) mass is 1710 g/mol. The summed E-state index contributed by atoms with van der Waals surface area (Å²) >= 11 is 0. The minimum absolute atomic E-state index is 0.00231. The Kier molecular flexibility index (Phi) is 106. The zero-order valence-electron chi connectivity index (χ0n) is 77.4. The lowest BCUT2D eigenvalue weighted by molar-refractivity contribution is -0.163. The molecule has 3 saturated heterocycles. The SMILES string of the molecule is CC(=O)CC1CC1.CC(=O)CCC(F)(F)F.CC(=O)CCC(F)F.CC(=O)CO.CC(=O)N(C)C.CC(=O)N1CC(F)(F)C1.CC(=O)N1CCCC1.CC(=O)N1CCCCC1.CC(C)(C)C.CC(N)=O.CCC(C)=O.CCN(CC)CCCC(C)=O.CCN(CC)CCCCC(C)=O.COC(C)=O.COCCCC(C)=O.CONC(C)=O. The van der Waals surface area contributed by atoms with Crippen LogP contribution in [0.5, 0.6) is 0 Å². The summed E-state index contributed by atoms with van der Waals surface area (Å²) in [4.78, 5) is 167. The Bertz CT molecular complexity index is 2500. The van der Waals surface area contributed by atoms with Crippen LogP contribution in [0.25, 0.3) is 0 Å². The van der Waals surface area contributed by atoms with Crippen LogP contribution in [-0.2, 0) is 86.2 Å². The van der Waals surface area contributed by atoms with Crippen LogP contribution in [0.2, 0.25) is 0 Å². The zero-order chi connectivity index (χ0) is 94.6. The van der Waals surface area contributed by atoms with Crippen LogP contribution in [0.4, 0.5) is 30.7 Å². The molecular weight excluding hydrogens is 1550 g/mol. The van der Waals surface area contributed by atoms with Gasteiger partial charge in [-0.3, -0.25) is 43.2 Å². The van der Waals surface area contributed by atoms with Gasteiger partial charge in [-0.25, -0.2) is 23.0 Å². The van der Waals surface area contributed by atoms with Crippen molar-refractivity contribution in [2.75, 3.05) is 127 Å². The first-order valence-corrected chi connectivity index (χ1v) is 39.9. The highest BCUT2D eigenvalue weighted by Gasteiger charge is 2.45. The lowest BCUT2D eigenvalue weighted by atomic mass is 10.0. The van der Waals surface area contributed by atoms with Gasteiger partial charge in [-0.15, -0.1) is 0 Å². The molecule has 4 N–H and O–H groups in total. The lowest BCUT2D eigenvalue weighted by Crippen LogP contribution is -2.57. The molecule has 3 heterocycles. The highest BCUT2D eigenvalue weighted by Crippen LogP contribution is 2.32. The first kappa shape index (κ1) is 136. The van der Waals surface area contributed by atoms with E-state index < -0.39 is 50.2 Å². The Morgan fingerprint density at radius 2 is 0.812 bits per heavy atom. The number of nitrogens with zero attached hydrogens (tertiary/aromatic N) is 6. The normalized spacial score (nSPS) is 12.6. The molecule has 34 heteroatoms. The molecule has 3 aliphatic heterocycles. The van der Waals surface area contributed by atoms with Gasteiger partial charge in [0.05, 0.1) is 33.7 Å². The number of ketones is 8. The van der Waals surface area contributed by atoms with E-state index in [1.54, 1.807) is 69.7 Å². The van der Waals surface area contributed by atoms with Crippen LogP contribution in [0.15, 0.2) is 0 Å². The Labute approximate surface area is 699 Å². The second kappa shape index (κ2) is 91.3. The van der Waals surface area contributed by atoms with Crippen LogP contribution in [0, 0.1) is 11.3 Å². The number of aliphatic hydroxyl groups is 1.